The molecule has 116 valence electrons. The van der Waals surface area contributed by atoms with E-state index < -0.39 is 0 Å². The highest BCUT2D eigenvalue weighted by Crippen LogP contribution is 2.20. The van der Waals surface area contributed by atoms with Crippen LogP contribution in [0, 0.1) is 5.92 Å². The van der Waals surface area contributed by atoms with Crippen molar-refractivity contribution >= 4 is 5.91 Å². The third-order valence-corrected chi connectivity index (χ3v) is 4.51. The Hall–Kier alpha value is -0.650. The third-order valence-electron chi connectivity index (χ3n) is 4.51. The van der Waals surface area contributed by atoms with Gasteiger partial charge in [-0.25, -0.2) is 0 Å². The zero-order chi connectivity index (χ0) is 14.5. The number of nitrogens with two attached hydrogens (primary N) is 1. The van der Waals surface area contributed by atoms with Crippen LogP contribution < -0.4 is 11.1 Å². The van der Waals surface area contributed by atoms with Crippen molar-refractivity contribution in [1.29, 1.82) is 0 Å². The van der Waals surface area contributed by atoms with E-state index >= 15 is 0 Å². The van der Waals surface area contributed by atoms with Gasteiger partial charge in [0.1, 0.15) is 6.10 Å². The molecule has 0 radical (unpaired) electrons. The average Bonchev–Trinajstić information content (AvgIpc) is 2.94. The quantitative estimate of drug-likeness (QED) is 0.780. The van der Waals surface area contributed by atoms with Gasteiger partial charge < -0.3 is 20.7 Å². The second-order valence-corrected chi connectivity index (χ2v) is 6.40. The fraction of sp³-hybridized carbons (Fsp3) is 0.933. The van der Waals surface area contributed by atoms with Crippen LogP contribution in [0.25, 0.3) is 0 Å². The van der Waals surface area contributed by atoms with E-state index in [9.17, 15) is 4.79 Å². The number of nitrogens with zero attached hydrogens (tertiary/aromatic N) is 1. The minimum Gasteiger partial charge on any atom is -0.364 e. The van der Waals surface area contributed by atoms with Crippen molar-refractivity contribution in [3.8, 4) is 0 Å². The first kappa shape index (κ1) is 15.7. The van der Waals surface area contributed by atoms with Crippen LogP contribution in [0.1, 0.15) is 39.5 Å². The second kappa shape index (κ2) is 7.38. The molecule has 0 saturated carbocycles. The van der Waals surface area contributed by atoms with Gasteiger partial charge in [0, 0.05) is 25.7 Å². The summed E-state index contributed by atoms with van der Waals surface area (Å²) in [5.74, 6) is 0.615. The van der Waals surface area contributed by atoms with Gasteiger partial charge in [-0.2, -0.15) is 0 Å². The van der Waals surface area contributed by atoms with Gasteiger partial charge in [-0.3, -0.25) is 4.79 Å². The highest BCUT2D eigenvalue weighted by molar-refractivity contribution is 5.81. The van der Waals surface area contributed by atoms with Crippen molar-refractivity contribution < 1.29 is 9.53 Å². The van der Waals surface area contributed by atoms with Crippen LogP contribution in [0.2, 0.25) is 0 Å². The number of ether oxygens (including phenoxy) is 1. The molecule has 1 amide bonds. The monoisotopic (exact) mass is 283 g/mol. The Morgan fingerprint density at radius 2 is 2.20 bits per heavy atom. The van der Waals surface area contributed by atoms with Crippen LogP contribution in [-0.4, -0.2) is 55.2 Å². The van der Waals surface area contributed by atoms with Gasteiger partial charge in [0.2, 0.25) is 5.91 Å². The summed E-state index contributed by atoms with van der Waals surface area (Å²) in [6.45, 7) is 8.03. The summed E-state index contributed by atoms with van der Waals surface area (Å²) in [5, 5.41) is 3.07. The molecule has 2 aliphatic heterocycles. The minimum atomic E-state index is -0.284. The van der Waals surface area contributed by atoms with Crippen LogP contribution in [0.15, 0.2) is 0 Å². The summed E-state index contributed by atoms with van der Waals surface area (Å²) in [5.41, 5.74) is 5.57. The van der Waals surface area contributed by atoms with Crippen molar-refractivity contribution in [2.75, 3.05) is 26.2 Å². The predicted molar refractivity (Wildman–Crippen MR) is 79.4 cm³/mol. The van der Waals surface area contributed by atoms with Gasteiger partial charge in [0.15, 0.2) is 0 Å². The first-order valence-electron chi connectivity index (χ1n) is 7.97. The smallest absolute Gasteiger partial charge is 0.249 e. The Balaban J connectivity index is 1.70. The summed E-state index contributed by atoms with van der Waals surface area (Å²) in [6, 6.07) is 0.594. The molecule has 0 bridgehead atoms. The lowest BCUT2D eigenvalue weighted by molar-refractivity contribution is -0.132. The van der Waals surface area contributed by atoms with Crippen LogP contribution in [0.3, 0.4) is 0 Å². The lowest BCUT2D eigenvalue weighted by atomic mass is 9.97. The van der Waals surface area contributed by atoms with Crippen LogP contribution in [0.5, 0.6) is 0 Å². The molecule has 0 aromatic rings. The van der Waals surface area contributed by atoms with E-state index in [0.717, 1.165) is 25.9 Å². The molecule has 5 heteroatoms. The van der Waals surface area contributed by atoms with E-state index in [-0.39, 0.29) is 18.1 Å². The van der Waals surface area contributed by atoms with Gasteiger partial charge in [-0.1, -0.05) is 0 Å². The summed E-state index contributed by atoms with van der Waals surface area (Å²) in [7, 11) is 0. The Bertz CT molecular complexity index is 322. The largest absolute Gasteiger partial charge is 0.364 e. The molecule has 2 aliphatic rings. The van der Waals surface area contributed by atoms with Crippen LogP contribution >= 0.6 is 0 Å². The lowest BCUT2D eigenvalue weighted by Crippen LogP contribution is -2.45. The molecule has 0 aliphatic carbocycles. The van der Waals surface area contributed by atoms with E-state index in [4.69, 9.17) is 10.5 Å². The topological polar surface area (TPSA) is 67.6 Å². The standard InChI is InChI=1S/C15H29N3O2/c1-11(2)18-7-3-4-12(10-18)9-17-15(19)14-6-5-13(8-16)20-14/h11-14H,3-10,16H2,1-2H3,(H,17,19)/t12?,13-,14+/m1/s1. The number of hydrogen-bond donors (Lipinski definition) is 2. The first-order chi connectivity index (χ1) is 9.60. The second-order valence-electron chi connectivity index (χ2n) is 6.40. The van der Waals surface area contributed by atoms with Crippen molar-refractivity contribution in [2.45, 2.75) is 57.8 Å². The Labute approximate surface area is 122 Å². The molecule has 0 spiro atoms. The fourth-order valence-electron chi connectivity index (χ4n) is 3.16. The van der Waals surface area contributed by atoms with E-state index in [1.54, 1.807) is 0 Å². The molecule has 2 rings (SSSR count). The molecule has 3 N–H and O–H groups in total. The molecule has 2 fully saturated rings. The highest BCUT2D eigenvalue weighted by Gasteiger charge is 2.30. The molecule has 0 aromatic heterocycles. The number of rotatable bonds is 5. The average molecular weight is 283 g/mol. The number of carbonyl (C=O) groups is 1. The van der Waals surface area contributed by atoms with Crippen molar-refractivity contribution in [3.63, 3.8) is 0 Å². The number of hydrogen-bond acceptors (Lipinski definition) is 4. The predicted octanol–water partition coefficient (Wildman–Crippen LogP) is 0.729. The highest BCUT2D eigenvalue weighted by atomic mass is 16.5. The molecular formula is C15H29N3O2. The minimum absolute atomic E-state index is 0.0441. The van der Waals surface area contributed by atoms with E-state index in [1.165, 1.54) is 19.4 Å². The summed E-state index contributed by atoms with van der Waals surface area (Å²) >= 11 is 0. The maximum atomic E-state index is 12.1. The summed E-state index contributed by atoms with van der Waals surface area (Å²) in [4.78, 5) is 14.6. The molecule has 2 saturated heterocycles. The summed E-state index contributed by atoms with van der Waals surface area (Å²) < 4.78 is 5.62. The normalized spacial score (nSPS) is 31.7. The molecule has 2 heterocycles. The molecule has 1 unspecified atom stereocenters. The Kier molecular flexibility index (Phi) is 5.81. The summed E-state index contributed by atoms with van der Waals surface area (Å²) in [6.07, 6.45) is 3.93. The Morgan fingerprint density at radius 1 is 1.40 bits per heavy atom. The number of likely N-dealkylation sites (tertiary alicyclic amines) is 1. The first-order valence-corrected chi connectivity index (χ1v) is 7.97. The lowest BCUT2D eigenvalue weighted by Gasteiger charge is -2.35. The van der Waals surface area contributed by atoms with Crippen LogP contribution in [-0.2, 0) is 9.53 Å². The van der Waals surface area contributed by atoms with E-state index in [1.807, 2.05) is 0 Å². The van der Waals surface area contributed by atoms with Crippen molar-refractivity contribution in [3.05, 3.63) is 0 Å². The van der Waals surface area contributed by atoms with E-state index in [2.05, 4.69) is 24.1 Å². The van der Waals surface area contributed by atoms with Gasteiger partial charge in [0.05, 0.1) is 6.10 Å². The number of piperidine rings is 1. The number of carbonyl (C=O) groups excluding carboxylic acids is 1. The molecule has 3 atom stereocenters. The van der Waals surface area contributed by atoms with Crippen molar-refractivity contribution in [1.82, 2.24) is 10.2 Å². The number of amides is 1. The number of nitrogens with one attached hydrogen (secondary N) is 1. The Morgan fingerprint density at radius 3 is 2.85 bits per heavy atom. The fourth-order valence-corrected chi connectivity index (χ4v) is 3.16. The maximum Gasteiger partial charge on any atom is 0.249 e. The van der Waals surface area contributed by atoms with E-state index in [0.29, 0.717) is 18.5 Å². The van der Waals surface area contributed by atoms with Gasteiger partial charge >= 0.3 is 0 Å². The SMILES string of the molecule is CC(C)N1CCCC(CNC(=O)[C@@H]2CC[C@H](CN)O2)C1. The molecule has 0 aromatic carbocycles. The maximum absolute atomic E-state index is 12.1. The zero-order valence-corrected chi connectivity index (χ0v) is 12.8. The van der Waals surface area contributed by atoms with Gasteiger partial charge in [-0.15, -0.1) is 0 Å². The third kappa shape index (κ3) is 4.17. The molecular weight excluding hydrogens is 254 g/mol. The van der Waals surface area contributed by atoms with Crippen LogP contribution in [0.4, 0.5) is 0 Å². The van der Waals surface area contributed by atoms with Gasteiger partial charge in [0.25, 0.3) is 0 Å². The zero-order valence-electron chi connectivity index (χ0n) is 12.8. The molecule has 20 heavy (non-hydrogen) atoms. The van der Waals surface area contributed by atoms with Crippen molar-refractivity contribution in [2.24, 2.45) is 11.7 Å². The van der Waals surface area contributed by atoms with Gasteiger partial charge in [-0.05, 0) is 52.0 Å². The molecule has 5 nitrogen and oxygen atoms in total.